The molecule has 0 spiro atoms. The molecule has 0 bridgehead atoms. The molecule has 3 aromatic rings. The Bertz CT molecular complexity index is 1120. The van der Waals surface area contributed by atoms with Crippen LogP contribution in [0, 0.1) is 0 Å². The van der Waals surface area contributed by atoms with Gasteiger partial charge in [-0.25, -0.2) is 4.79 Å². The highest BCUT2D eigenvalue weighted by atomic mass is 35.5. The number of aromatic nitrogens is 2. The van der Waals surface area contributed by atoms with Gasteiger partial charge in [-0.15, -0.1) is 10.2 Å². The van der Waals surface area contributed by atoms with Gasteiger partial charge in [0.2, 0.25) is 0 Å². The number of amides is 1. The number of rotatable bonds is 8. The number of carbonyl (C=O) groups excluding carboxylic acids is 1. The Kier molecular flexibility index (Phi) is 6.94. The van der Waals surface area contributed by atoms with E-state index in [0.29, 0.717) is 21.8 Å². The first kappa shape index (κ1) is 21.9. The third-order valence-corrected chi connectivity index (χ3v) is 4.88. The Balaban J connectivity index is 1.77. The highest BCUT2D eigenvalue weighted by molar-refractivity contribution is 6.31. The number of aliphatic carboxylic acids is 1. The smallest absolute Gasteiger partial charge is 0.336 e. The fourth-order valence-corrected chi connectivity index (χ4v) is 3.28. The second-order valence-corrected chi connectivity index (χ2v) is 7.13. The van der Waals surface area contributed by atoms with E-state index in [4.69, 9.17) is 11.6 Å². The molecule has 0 aliphatic carbocycles. The van der Waals surface area contributed by atoms with Crippen molar-refractivity contribution in [1.82, 2.24) is 15.5 Å². The fraction of sp³-hybridized carbons (Fsp3) is 0.136. The molecular formula is C22H18ClN3O5. The third-order valence-electron chi connectivity index (χ3n) is 4.51. The highest BCUT2D eigenvalue weighted by Gasteiger charge is 2.20. The normalized spacial score (nSPS) is 11.5. The van der Waals surface area contributed by atoms with Crippen molar-refractivity contribution in [2.75, 3.05) is 0 Å². The van der Waals surface area contributed by atoms with Crippen molar-refractivity contribution >= 4 is 29.4 Å². The van der Waals surface area contributed by atoms with Crippen LogP contribution in [0.1, 0.15) is 32.8 Å². The van der Waals surface area contributed by atoms with Crippen molar-refractivity contribution in [2.45, 2.75) is 18.9 Å². The van der Waals surface area contributed by atoms with E-state index in [-0.39, 0.29) is 24.1 Å². The summed E-state index contributed by atoms with van der Waals surface area (Å²) in [4.78, 5) is 35.2. The van der Waals surface area contributed by atoms with Gasteiger partial charge in [0.25, 0.3) is 5.91 Å². The van der Waals surface area contributed by atoms with Crippen LogP contribution in [0.3, 0.4) is 0 Å². The number of nitrogens with one attached hydrogen (secondary N) is 1. The average Bonchev–Trinajstić information content (AvgIpc) is 2.75. The molecule has 3 N–H and O–H groups in total. The molecule has 31 heavy (non-hydrogen) atoms. The maximum Gasteiger partial charge on any atom is 0.336 e. The number of hydrogen-bond acceptors (Lipinski definition) is 5. The minimum Gasteiger partial charge on any atom is -0.481 e. The van der Waals surface area contributed by atoms with E-state index in [1.165, 1.54) is 18.2 Å². The summed E-state index contributed by atoms with van der Waals surface area (Å²) in [6, 6.07) is 15.5. The largest absolute Gasteiger partial charge is 0.481 e. The molecule has 0 saturated carbocycles. The van der Waals surface area contributed by atoms with E-state index in [2.05, 4.69) is 15.5 Å². The van der Waals surface area contributed by atoms with Gasteiger partial charge in [-0.3, -0.25) is 9.59 Å². The summed E-state index contributed by atoms with van der Waals surface area (Å²) in [6.07, 6.45) is -0.0658. The summed E-state index contributed by atoms with van der Waals surface area (Å²) in [5.41, 5.74) is 1.42. The van der Waals surface area contributed by atoms with E-state index >= 15 is 0 Å². The van der Waals surface area contributed by atoms with E-state index in [0.717, 1.165) is 0 Å². The van der Waals surface area contributed by atoms with Gasteiger partial charge < -0.3 is 15.5 Å². The molecule has 0 aliphatic heterocycles. The van der Waals surface area contributed by atoms with Crippen LogP contribution < -0.4 is 5.32 Å². The first-order valence-corrected chi connectivity index (χ1v) is 9.65. The third kappa shape index (κ3) is 5.64. The Morgan fingerprint density at radius 2 is 1.65 bits per heavy atom. The van der Waals surface area contributed by atoms with Crippen LogP contribution in [-0.4, -0.2) is 44.3 Å². The van der Waals surface area contributed by atoms with E-state index in [1.807, 2.05) is 0 Å². The van der Waals surface area contributed by atoms with Crippen molar-refractivity contribution in [3.8, 4) is 11.3 Å². The van der Waals surface area contributed by atoms with Crippen molar-refractivity contribution in [1.29, 1.82) is 0 Å². The molecule has 0 radical (unpaired) electrons. The van der Waals surface area contributed by atoms with Gasteiger partial charge in [0, 0.05) is 16.6 Å². The van der Waals surface area contributed by atoms with Crippen molar-refractivity contribution < 1.29 is 24.6 Å². The summed E-state index contributed by atoms with van der Waals surface area (Å²) >= 11 is 6.14. The quantitative estimate of drug-likeness (QED) is 0.491. The molecule has 1 heterocycles. The first-order valence-electron chi connectivity index (χ1n) is 9.27. The van der Waals surface area contributed by atoms with Crippen LogP contribution in [0.15, 0.2) is 60.7 Å². The maximum absolute atomic E-state index is 12.6. The molecule has 1 atom stereocenters. The number of carboxylic acid groups (broad SMARTS) is 2. The number of halogens is 1. The predicted molar refractivity (Wildman–Crippen MR) is 113 cm³/mol. The standard InChI is InChI=1S/C22H18ClN3O5/c23-17-8-4-1-5-13(17)11-14(12-20(27)28)24-21(29)19-10-9-18(25-26-19)15-6-2-3-7-16(15)22(30)31/h1-10,14H,11-12H2,(H,24,29)(H,27,28)(H,30,31)/t14-/m1/s1. The van der Waals surface area contributed by atoms with Crippen LogP contribution in [-0.2, 0) is 11.2 Å². The Labute approximate surface area is 182 Å². The predicted octanol–water partition coefficient (Wildman–Crippen LogP) is 3.31. The summed E-state index contributed by atoms with van der Waals surface area (Å²) in [7, 11) is 0. The number of carboxylic acids is 2. The number of benzene rings is 2. The van der Waals surface area contributed by atoms with Gasteiger partial charge >= 0.3 is 11.9 Å². The fourth-order valence-electron chi connectivity index (χ4n) is 3.06. The van der Waals surface area contributed by atoms with Crippen molar-refractivity contribution in [2.24, 2.45) is 0 Å². The molecule has 9 heteroatoms. The van der Waals surface area contributed by atoms with E-state index in [9.17, 15) is 24.6 Å². The second kappa shape index (κ2) is 9.82. The summed E-state index contributed by atoms with van der Waals surface area (Å²) in [5.74, 6) is -2.76. The molecule has 158 valence electrons. The van der Waals surface area contributed by atoms with Gasteiger partial charge in [0.05, 0.1) is 17.7 Å². The molecule has 0 fully saturated rings. The molecular weight excluding hydrogens is 422 g/mol. The monoisotopic (exact) mass is 439 g/mol. The molecule has 1 amide bonds. The lowest BCUT2D eigenvalue weighted by molar-refractivity contribution is -0.137. The van der Waals surface area contributed by atoms with Crippen LogP contribution in [0.5, 0.6) is 0 Å². The zero-order valence-electron chi connectivity index (χ0n) is 16.2. The van der Waals surface area contributed by atoms with E-state index in [1.54, 1.807) is 42.5 Å². The molecule has 8 nitrogen and oxygen atoms in total. The summed E-state index contributed by atoms with van der Waals surface area (Å²) in [6.45, 7) is 0. The molecule has 0 unspecified atom stereocenters. The molecule has 1 aromatic heterocycles. The highest BCUT2D eigenvalue weighted by Crippen LogP contribution is 2.21. The number of hydrogen-bond donors (Lipinski definition) is 3. The lowest BCUT2D eigenvalue weighted by Gasteiger charge is -2.17. The Morgan fingerprint density at radius 3 is 2.29 bits per heavy atom. The zero-order chi connectivity index (χ0) is 22.4. The van der Waals surface area contributed by atoms with Gasteiger partial charge in [-0.1, -0.05) is 48.0 Å². The summed E-state index contributed by atoms with van der Waals surface area (Å²) < 4.78 is 0. The number of aromatic carboxylic acids is 1. The van der Waals surface area contributed by atoms with Crippen LogP contribution in [0.25, 0.3) is 11.3 Å². The van der Waals surface area contributed by atoms with Crippen LogP contribution >= 0.6 is 11.6 Å². The maximum atomic E-state index is 12.6. The molecule has 0 aliphatic rings. The minimum absolute atomic E-state index is 0.0221. The number of nitrogens with zero attached hydrogens (tertiary/aromatic N) is 2. The van der Waals surface area contributed by atoms with E-state index < -0.39 is 23.9 Å². The van der Waals surface area contributed by atoms with Gasteiger partial charge in [0.15, 0.2) is 5.69 Å². The SMILES string of the molecule is O=C(O)C[C@@H](Cc1ccccc1Cl)NC(=O)c1ccc(-c2ccccc2C(=O)O)nn1. The van der Waals surface area contributed by atoms with Gasteiger partial charge in [-0.2, -0.15) is 0 Å². The molecule has 2 aromatic carbocycles. The topological polar surface area (TPSA) is 129 Å². The Morgan fingerprint density at radius 1 is 0.935 bits per heavy atom. The second-order valence-electron chi connectivity index (χ2n) is 6.72. The lowest BCUT2D eigenvalue weighted by atomic mass is 10.0. The van der Waals surface area contributed by atoms with Gasteiger partial charge in [0.1, 0.15) is 0 Å². The lowest BCUT2D eigenvalue weighted by Crippen LogP contribution is -2.38. The summed E-state index contributed by atoms with van der Waals surface area (Å²) in [5, 5.41) is 29.5. The first-order chi connectivity index (χ1) is 14.8. The Hall–Kier alpha value is -3.78. The minimum atomic E-state index is -1.10. The molecule has 3 rings (SSSR count). The average molecular weight is 440 g/mol. The van der Waals surface area contributed by atoms with Gasteiger partial charge in [-0.05, 0) is 36.2 Å². The molecule has 0 saturated heterocycles. The van der Waals surface area contributed by atoms with Crippen LogP contribution in [0.2, 0.25) is 5.02 Å². The number of carbonyl (C=O) groups is 3. The van der Waals surface area contributed by atoms with Crippen molar-refractivity contribution in [3.63, 3.8) is 0 Å². The zero-order valence-corrected chi connectivity index (χ0v) is 16.9. The van der Waals surface area contributed by atoms with Crippen LogP contribution in [0.4, 0.5) is 0 Å². The van der Waals surface area contributed by atoms with Crippen molar-refractivity contribution in [3.05, 3.63) is 82.5 Å².